The highest BCUT2D eigenvalue weighted by Crippen LogP contribution is 2.36. The van der Waals surface area contributed by atoms with Crippen LogP contribution in [0.25, 0.3) is 11.1 Å². The van der Waals surface area contributed by atoms with Gasteiger partial charge < -0.3 is 20.5 Å². The van der Waals surface area contributed by atoms with E-state index in [1.54, 1.807) is 0 Å². The summed E-state index contributed by atoms with van der Waals surface area (Å²) in [6.07, 6.45) is 3.99. The Labute approximate surface area is 162 Å². The van der Waals surface area contributed by atoms with E-state index in [1.807, 2.05) is 12.3 Å². The van der Waals surface area contributed by atoms with E-state index in [0.717, 1.165) is 54.8 Å². The molecule has 1 atom stereocenters. The highest BCUT2D eigenvalue weighted by molar-refractivity contribution is 9.10. The molecule has 6 heteroatoms. The Kier molecular flexibility index (Phi) is 5.55. The standard InChI is InChI=1S/C20H24BrN3O2/c21-18-10-15(11-24-20(18)22)14-1-2-16(13-3-6-25-7-4-13)17(9-14)19-12-26-8-5-23-19/h1-2,9-11,13,19,23H,3-8,12H2,(H2,22,24)/t19-/m0/s1. The number of nitrogens with zero attached hydrogens (tertiary/aromatic N) is 1. The second kappa shape index (κ2) is 8.05. The number of anilines is 1. The molecular weight excluding hydrogens is 394 g/mol. The Bertz CT molecular complexity index is 772. The van der Waals surface area contributed by atoms with E-state index in [-0.39, 0.29) is 6.04 Å². The normalized spacial score (nSPS) is 21.7. The number of benzene rings is 1. The number of morpholine rings is 1. The van der Waals surface area contributed by atoms with Crippen LogP contribution in [0.2, 0.25) is 0 Å². The first-order chi connectivity index (χ1) is 12.7. The van der Waals surface area contributed by atoms with Crippen LogP contribution in [0.15, 0.2) is 34.9 Å². The predicted octanol–water partition coefficient (Wildman–Crippen LogP) is 3.65. The fourth-order valence-corrected chi connectivity index (χ4v) is 4.16. The van der Waals surface area contributed by atoms with Crippen molar-refractivity contribution in [1.82, 2.24) is 10.3 Å². The molecular formula is C20H24BrN3O2. The van der Waals surface area contributed by atoms with Crippen molar-refractivity contribution in [2.75, 3.05) is 38.7 Å². The van der Waals surface area contributed by atoms with E-state index >= 15 is 0 Å². The van der Waals surface area contributed by atoms with Gasteiger partial charge in [-0.05, 0) is 63.5 Å². The van der Waals surface area contributed by atoms with Gasteiger partial charge in [0.05, 0.1) is 23.7 Å². The van der Waals surface area contributed by atoms with Crippen molar-refractivity contribution in [2.45, 2.75) is 24.8 Å². The summed E-state index contributed by atoms with van der Waals surface area (Å²) >= 11 is 3.48. The lowest BCUT2D eigenvalue weighted by Crippen LogP contribution is -2.35. The maximum absolute atomic E-state index is 5.84. The minimum atomic E-state index is 0.228. The second-order valence-electron chi connectivity index (χ2n) is 6.90. The van der Waals surface area contributed by atoms with Gasteiger partial charge in [-0.3, -0.25) is 0 Å². The number of hydrogen-bond donors (Lipinski definition) is 2. The molecule has 0 amide bonds. The fraction of sp³-hybridized carbons (Fsp3) is 0.450. The molecule has 4 rings (SSSR count). The average molecular weight is 418 g/mol. The summed E-state index contributed by atoms with van der Waals surface area (Å²) in [5, 5.41) is 3.61. The number of pyridine rings is 1. The molecule has 2 fully saturated rings. The first-order valence-electron chi connectivity index (χ1n) is 9.16. The smallest absolute Gasteiger partial charge is 0.137 e. The van der Waals surface area contributed by atoms with Crippen molar-refractivity contribution in [1.29, 1.82) is 0 Å². The quantitative estimate of drug-likeness (QED) is 0.797. The van der Waals surface area contributed by atoms with Crippen molar-refractivity contribution < 1.29 is 9.47 Å². The van der Waals surface area contributed by atoms with Crippen LogP contribution in [0.3, 0.4) is 0 Å². The average Bonchev–Trinajstić information content (AvgIpc) is 2.71. The number of aromatic nitrogens is 1. The molecule has 2 aromatic rings. The molecule has 5 nitrogen and oxygen atoms in total. The summed E-state index contributed by atoms with van der Waals surface area (Å²) in [4.78, 5) is 4.28. The summed E-state index contributed by atoms with van der Waals surface area (Å²) < 4.78 is 12.1. The van der Waals surface area contributed by atoms with Gasteiger partial charge in [0.1, 0.15) is 5.82 Å². The van der Waals surface area contributed by atoms with E-state index < -0.39 is 0 Å². The van der Waals surface area contributed by atoms with Crippen molar-refractivity contribution >= 4 is 21.7 Å². The molecule has 0 radical (unpaired) electrons. The van der Waals surface area contributed by atoms with Gasteiger partial charge in [-0.25, -0.2) is 4.98 Å². The molecule has 1 aromatic heterocycles. The lowest BCUT2D eigenvalue weighted by molar-refractivity contribution is 0.0740. The van der Waals surface area contributed by atoms with E-state index in [0.29, 0.717) is 18.3 Å². The first-order valence-corrected chi connectivity index (χ1v) is 9.96. The fourth-order valence-electron chi connectivity index (χ4n) is 3.81. The third kappa shape index (κ3) is 3.78. The van der Waals surface area contributed by atoms with E-state index in [1.165, 1.54) is 11.1 Å². The van der Waals surface area contributed by atoms with Gasteiger partial charge in [0.15, 0.2) is 0 Å². The Morgan fingerprint density at radius 3 is 2.62 bits per heavy atom. The number of nitrogens with two attached hydrogens (primary N) is 1. The van der Waals surface area contributed by atoms with Crippen molar-refractivity contribution in [3.63, 3.8) is 0 Å². The van der Waals surface area contributed by atoms with Gasteiger partial charge in [-0.2, -0.15) is 0 Å². The molecule has 0 unspecified atom stereocenters. The molecule has 3 heterocycles. The van der Waals surface area contributed by atoms with Crippen LogP contribution in [-0.4, -0.2) is 38.0 Å². The number of rotatable bonds is 3. The Balaban J connectivity index is 1.73. The number of ether oxygens (including phenoxy) is 2. The number of hydrogen-bond acceptors (Lipinski definition) is 5. The van der Waals surface area contributed by atoms with Gasteiger partial charge >= 0.3 is 0 Å². The lowest BCUT2D eigenvalue weighted by atomic mass is 9.84. The van der Waals surface area contributed by atoms with Crippen LogP contribution in [-0.2, 0) is 9.47 Å². The topological polar surface area (TPSA) is 69.4 Å². The summed E-state index contributed by atoms with van der Waals surface area (Å²) in [5.41, 5.74) is 10.8. The predicted molar refractivity (Wildman–Crippen MR) is 106 cm³/mol. The van der Waals surface area contributed by atoms with Gasteiger partial charge in [0, 0.05) is 31.5 Å². The van der Waals surface area contributed by atoms with Gasteiger partial charge in [-0.15, -0.1) is 0 Å². The molecule has 138 valence electrons. The monoisotopic (exact) mass is 417 g/mol. The maximum atomic E-state index is 5.84. The number of nitrogen functional groups attached to an aromatic ring is 1. The molecule has 2 aliphatic rings. The molecule has 0 bridgehead atoms. The highest BCUT2D eigenvalue weighted by Gasteiger charge is 2.25. The minimum absolute atomic E-state index is 0.228. The van der Waals surface area contributed by atoms with E-state index in [2.05, 4.69) is 44.4 Å². The summed E-state index contributed by atoms with van der Waals surface area (Å²) in [6.45, 7) is 4.06. The van der Waals surface area contributed by atoms with Gasteiger partial charge in [0.2, 0.25) is 0 Å². The molecule has 3 N–H and O–H groups in total. The van der Waals surface area contributed by atoms with Crippen molar-refractivity contribution in [3.05, 3.63) is 46.1 Å². The zero-order chi connectivity index (χ0) is 17.9. The van der Waals surface area contributed by atoms with Crippen LogP contribution in [0.5, 0.6) is 0 Å². The molecule has 0 saturated carbocycles. The molecule has 0 aliphatic carbocycles. The largest absolute Gasteiger partial charge is 0.383 e. The van der Waals surface area contributed by atoms with Crippen LogP contribution in [0, 0.1) is 0 Å². The Morgan fingerprint density at radius 1 is 1.04 bits per heavy atom. The third-order valence-electron chi connectivity index (χ3n) is 5.25. The van der Waals surface area contributed by atoms with Gasteiger partial charge in [0.25, 0.3) is 0 Å². The summed E-state index contributed by atoms with van der Waals surface area (Å²) in [7, 11) is 0. The number of nitrogens with one attached hydrogen (secondary N) is 1. The summed E-state index contributed by atoms with van der Waals surface area (Å²) in [5.74, 6) is 1.06. The second-order valence-corrected chi connectivity index (χ2v) is 7.76. The molecule has 2 saturated heterocycles. The zero-order valence-electron chi connectivity index (χ0n) is 14.7. The first kappa shape index (κ1) is 17.9. The van der Waals surface area contributed by atoms with Crippen LogP contribution in [0.1, 0.15) is 35.9 Å². The summed E-state index contributed by atoms with van der Waals surface area (Å²) in [6, 6.07) is 9.02. The minimum Gasteiger partial charge on any atom is -0.383 e. The van der Waals surface area contributed by atoms with Crippen molar-refractivity contribution in [3.8, 4) is 11.1 Å². The van der Waals surface area contributed by atoms with Crippen LogP contribution >= 0.6 is 15.9 Å². The van der Waals surface area contributed by atoms with E-state index in [4.69, 9.17) is 15.2 Å². The molecule has 0 spiro atoms. The molecule has 1 aromatic carbocycles. The molecule has 2 aliphatic heterocycles. The zero-order valence-corrected chi connectivity index (χ0v) is 16.3. The van der Waals surface area contributed by atoms with E-state index in [9.17, 15) is 0 Å². The lowest BCUT2D eigenvalue weighted by Gasteiger charge is -2.31. The number of halogens is 1. The Hall–Kier alpha value is -1.47. The van der Waals surface area contributed by atoms with Crippen LogP contribution < -0.4 is 11.1 Å². The maximum Gasteiger partial charge on any atom is 0.137 e. The van der Waals surface area contributed by atoms with Crippen LogP contribution in [0.4, 0.5) is 5.82 Å². The van der Waals surface area contributed by atoms with Crippen molar-refractivity contribution in [2.24, 2.45) is 0 Å². The SMILES string of the molecule is Nc1ncc(-c2ccc(C3CCOCC3)c([C@@H]3COCCN3)c2)cc1Br. The third-order valence-corrected chi connectivity index (χ3v) is 5.88. The molecule has 26 heavy (non-hydrogen) atoms. The van der Waals surface area contributed by atoms with Gasteiger partial charge in [-0.1, -0.05) is 12.1 Å². The Morgan fingerprint density at radius 2 is 1.88 bits per heavy atom. The highest BCUT2D eigenvalue weighted by atomic mass is 79.9.